The summed E-state index contributed by atoms with van der Waals surface area (Å²) in [5.74, 6) is 3.05. The van der Waals surface area contributed by atoms with E-state index in [1.807, 2.05) is 0 Å². The van der Waals surface area contributed by atoms with Crippen LogP contribution < -0.4 is 0 Å². The van der Waals surface area contributed by atoms with Gasteiger partial charge in [0.1, 0.15) is 12.2 Å². The Balaban J connectivity index is 1.68. The van der Waals surface area contributed by atoms with Gasteiger partial charge in [-0.2, -0.15) is 0 Å². The first kappa shape index (κ1) is 27.6. The highest BCUT2D eigenvalue weighted by Gasteiger charge is 2.50. The number of aliphatic hydroxyl groups excluding tert-OH is 3. The van der Waals surface area contributed by atoms with Gasteiger partial charge in [0.2, 0.25) is 0 Å². The van der Waals surface area contributed by atoms with Gasteiger partial charge in [0, 0.05) is 19.6 Å². The number of fused-ring (bicyclic) bond motifs is 1. The summed E-state index contributed by atoms with van der Waals surface area (Å²) >= 11 is 0. The Hall–Kier alpha value is -0.940. The molecule has 0 aromatic rings. The highest BCUT2D eigenvalue weighted by Crippen LogP contribution is 2.60. The first-order valence-electron chi connectivity index (χ1n) is 13.9. The predicted octanol–water partition coefficient (Wildman–Crippen LogP) is 5.97. The van der Waals surface area contributed by atoms with Crippen LogP contribution in [-0.2, 0) is 4.74 Å². The minimum atomic E-state index is -0.911. The topological polar surface area (TPSA) is 69.9 Å². The van der Waals surface area contributed by atoms with Gasteiger partial charge < -0.3 is 20.1 Å². The van der Waals surface area contributed by atoms with Gasteiger partial charge in [0.15, 0.2) is 0 Å². The number of allylic oxidation sites excluding steroid dienone is 3. The second-order valence-corrected chi connectivity index (χ2v) is 12.0. The van der Waals surface area contributed by atoms with Crippen LogP contribution in [0.3, 0.4) is 0 Å². The third-order valence-electron chi connectivity index (χ3n) is 9.17. The van der Waals surface area contributed by atoms with E-state index in [1.54, 1.807) is 5.57 Å². The van der Waals surface area contributed by atoms with Gasteiger partial charge >= 0.3 is 0 Å². The summed E-state index contributed by atoms with van der Waals surface area (Å²) in [6, 6.07) is 0. The molecule has 3 saturated carbocycles. The first-order chi connectivity index (χ1) is 16.2. The third kappa shape index (κ3) is 6.24. The summed E-state index contributed by atoms with van der Waals surface area (Å²) < 4.78 is 5.64. The van der Waals surface area contributed by atoms with Crippen molar-refractivity contribution in [2.24, 2.45) is 29.1 Å². The number of rotatable bonds is 10. The molecule has 0 spiro atoms. The maximum Gasteiger partial charge on any atom is 0.114 e. The molecule has 0 amide bonds. The van der Waals surface area contributed by atoms with E-state index in [2.05, 4.69) is 46.4 Å². The summed E-state index contributed by atoms with van der Waals surface area (Å²) in [6.07, 6.45) is 13.4. The van der Waals surface area contributed by atoms with Crippen molar-refractivity contribution >= 4 is 0 Å². The van der Waals surface area contributed by atoms with Gasteiger partial charge in [0.25, 0.3) is 0 Å². The van der Waals surface area contributed by atoms with Gasteiger partial charge in [0.05, 0.1) is 6.10 Å². The minimum Gasteiger partial charge on any atom is -0.396 e. The largest absolute Gasteiger partial charge is 0.396 e. The Kier molecular flexibility index (Phi) is 10.0. The molecule has 0 aromatic heterocycles. The average molecular weight is 475 g/mol. The Morgan fingerprint density at radius 2 is 1.88 bits per heavy atom. The summed E-state index contributed by atoms with van der Waals surface area (Å²) in [5, 5.41) is 30.3. The maximum atomic E-state index is 10.7. The van der Waals surface area contributed by atoms with E-state index in [9.17, 15) is 10.2 Å². The van der Waals surface area contributed by atoms with Gasteiger partial charge in [-0.3, -0.25) is 0 Å². The maximum absolute atomic E-state index is 10.7. The van der Waals surface area contributed by atoms with Crippen LogP contribution in [0.25, 0.3) is 0 Å². The third-order valence-corrected chi connectivity index (χ3v) is 9.17. The van der Waals surface area contributed by atoms with E-state index in [1.165, 1.54) is 44.9 Å². The van der Waals surface area contributed by atoms with E-state index in [-0.39, 0.29) is 6.61 Å². The molecule has 0 bridgehead atoms. The number of hydrogen-bond acceptors (Lipinski definition) is 4. The lowest BCUT2D eigenvalue weighted by Crippen LogP contribution is -2.45. The Morgan fingerprint density at radius 1 is 1.12 bits per heavy atom. The standard InChI is InChI=1S/C30H50O4/c1-20(2)9-6-10-21(3)25-14-15-26-23(11-7-16-30(25,26)5)12-13-24-19-27(32)29(28(33)22(24)4)34-18-8-17-31/h12-13,20-21,25-29,31-33H,4,6-11,14-19H2,1-3,5H3/b23-12-,24-13+/t21-,25-,26+,27-,28+,29-,30-/m1/s1. The lowest BCUT2D eigenvalue weighted by molar-refractivity contribution is -0.0968. The minimum absolute atomic E-state index is 0.0379. The molecule has 0 aromatic carbocycles. The molecule has 3 N–H and O–H groups in total. The Bertz CT molecular complexity index is 738. The SMILES string of the molecule is C=C1/C(=C/C=C2/CCC[C@]3(C)[C@@H]([C@H](C)CCCC(C)C)CC[C@@H]23)C[C@@H](O)[C@@H](OCCCO)[C@H]1O. The number of aliphatic hydroxyl groups is 3. The smallest absolute Gasteiger partial charge is 0.114 e. The molecule has 4 heteroatoms. The summed E-state index contributed by atoms with van der Waals surface area (Å²) in [4.78, 5) is 0. The molecule has 0 unspecified atom stereocenters. The van der Waals surface area contributed by atoms with Crippen molar-refractivity contribution in [3.63, 3.8) is 0 Å². The zero-order valence-corrected chi connectivity index (χ0v) is 22.1. The molecule has 4 nitrogen and oxygen atoms in total. The monoisotopic (exact) mass is 474 g/mol. The fourth-order valence-electron chi connectivity index (χ4n) is 7.20. The average Bonchev–Trinajstić information content (AvgIpc) is 3.15. The molecule has 3 fully saturated rings. The van der Waals surface area contributed by atoms with Gasteiger partial charge in [-0.15, -0.1) is 0 Å². The lowest BCUT2D eigenvalue weighted by Gasteiger charge is -2.44. The van der Waals surface area contributed by atoms with Crippen LogP contribution >= 0.6 is 0 Å². The van der Waals surface area contributed by atoms with E-state index >= 15 is 0 Å². The first-order valence-corrected chi connectivity index (χ1v) is 13.9. The molecule has 3 rings (SSSR count). The molecule has 3 aliphatic carbocycles. The Morgan fingerprint density at radius 3 is 2.59 bits per heavy atom. The second kappa shape index (κ2) is 12.3. The van der Waals surface area contributed by atoms with Crippen LogP contribution in [0.2, 0.25) is 0 Å². The summed E-state index contributed by atoms with van der Waals surface area (Å²) in [5.41, 5.74) is 3.53. The van der Waals surface area contributed by atoms with Crippen LogP contribution in [0.4, 0.5) is 0 Å². The Labute approximate surface area is 208 Å². The van der Waals surface area contributed by atoms with Crippen molar-refractivity contribution in [1.82, 2.24) is 0 Å². The molecule has 7 atom stereocenters. The van der Waals surface area contributed by atoms with Crippen molar-refractivity contribution in [2.45, 2.75) is 110 Å². The van der Waals surface area contributed by atoms with Crippen LogP contribution in [0.5, 0.6) is 0 Å². The van der Waals surface area contributed by atoms with Gasteiger partial charge in [-0.25, -0.2) is 0 Å². The van der Waals surface area contributed by atoms with E-state index in [0.717, 1.165) is 29.7 Å². The molecule has 3 aliphatic rings. The van der Waals surface area contributed by atoms with Crippen LogP contribution in [0, 0.1) is 29.1 Å². The van der Waals surface area contributed by atoms with Crippen molar-refractivity contribution in [1.29, 1.82) is 0 Å². The van der Waals surface area contributed by atoms with Crippen LogP contribution in [0.15, 0.2) is 35.5 Å². The molecule has 0 aliphatic heterocycles. The summed E-state index contributed by atoms with van der Waals surface area (Å²) in [6.45, 7) is 14.2. The molecule has 0 saturated heterocycles. The van der Waals surface area contributed by atoms with Crippen molar-refractivity contribution in [3.05, 3.63) is 35.5 Å². The summed E-state index contributed by atoms with van der Waals surface area (Å²) in [7, 11) is 0. The highest BCUT2D eigenvalue weighted by molar-refractivity contribution is 5.40. The van der Waals surface area contributed by atoms with Crippen molar-refractivity contribution < 1.29 is 20.1 Å². The molecule has 34 heavy (non-hydrogen) atoms. The number of hydrogen-bond donors (Lipinski definition) is 3. The number of ether oxygens (including phenoxy) is 1. The van der Waals surface area contributed by atoms with E-state index in [4.69, 9.17) is 9.84 Å². The zero-order chi connectivity index (χ0) is 24.9. The fourth-order valence-corrected chi connectivity index (χ4v) is 7.20. The second-order valence-electron chi connectivity index (χ2n) is 12.0. The molecule has 194 valence electrons. The van der Waals surface area contributed by atoms with E-state index in [0.29, 0.717) is 36.4 Å². The van der Waals surface area contributed by atoms with Gasteiger partial charge in [-0.1, -0.05) is 71.3 Å². The molecular formula is C30H50O4. The van der Waals surface area contributed by atoms with Crippen LogP contribution in [0.1, 0.15) is 91.9 Å². The van der Waals surface area contributed by atoms with E-state index < -0.39 is 18.3 Å². The molecular weight excluding hydrogens is 424 g/mol. The quantitative estimate of drug-likeness (QED) is 0.341. The molecule has 0 radical (unpaired) electrons. The lowest BCUT2D eigenvalue weighted by atomic mass is 9.60. The van der Waals surface area contributed by atoms with Crippen molar-refractivity contribution in [3.8, 4) is 0 Å². The fraction of sp³-hybridized carbons (Fsp3) is 0.800. The normalized spacial score (nSPS) is 37.5. The molecule has 0 heterocycles. The van der Waals surface area contributed by atoms with Gasteiger partial charge in [-0.05, 0) is 78.8 Å². The predicted molar refractivity (Wildman–Crippen MR) is 139 cm³/mol. The van der Waals surface area contributed by atoms with Crippen LogP contribution in [-0.4, -0.2) is 46.8 Å². The zero-order valence-electron chi connectivity index (χ0n) is 22.1. The van der Waals surface area contributed by atoms with Crippen molar-refractivity contribution in [2.75, 3.05) is 13.2 Å². The highest BCUT2D eigenvalue weighted by atomic mass is 16.5.